The van der Waals surface area contributed by atoms with Crippen LogP contribution in [0.3, 0.4) is 0 Å². The third-order valence-electron chi connectivity index (χ3n) is 18.3. The van der Waals surface area contributed by atoms with Gasteiger partial charge in [0.15, 0.2) is 25.2 Å². The number of hydrogen-bond donors (Lipinski definition) is 7. The van der Waals surface area contributed by atoms with E-state index >= 15 is 0 Å². The highest BCUT2D eigenvalue weighted by molar-refractivity contribution is 5.85. The molecule has 7 N–H and O–H groups in total. The summed E-state index contributed by atoms with van der Waals surface area (Å²) in [5.41, 5.74) is 0.0484. The van der Waals surface area contributed by atoms with E-state index in [-0.39, 0.29) is 54.0 Å². The minimum absolute atomic E-state index is 0.00791. The average molecular weight is 969 g/mol. The largest absolute Gasteiger partial charge is 0.459 e. The fraction of sp³-hybridized carbons (Fsp3) is 0.918. The molecule has 0 radical (unpaired) electrons. The quantitative estimate of drug-likeness (QED) is 0.115. The molecule has 0 spiro atoms. The van der Waals surface area contributed by atoms with Gasteiger partial charge in [0, 0.05) is 37.7 Å². The van der Waals surface area contributed by atoms with Crippen molar-refractivity contribution >= 4 is 11.9 Å². The maximum atomic E-state index is 12.7. The number of aliphatic hydroxyl groups excluding tert-OH is 6. The molecule has 9 aliphatic rings. The lowest BCUT2D eigenvalue weighted by Crippen LogP contribution is -2.62. The topological polar surface area (TPSA) is 268 Å². The van der Waals surface area contributed by atoms with Crippen LogP contribution in [0.1, 0.15) is 119 Å². The fourth-order valence-corrected chi connectivity index (χ4v) is 14.6. The molecule has 386 valence electrons. The number of carbonyl (C=O) groups excluding carboxylic acids is 2. The molecule has 4 saturated carbocycles. The second kappa shape index (κ2) is 19.8. The molecule has 5 heterocycles. The molecule has 25 atom stereocenters. The van der Waals surface area contributed by atoms with Crippen LogP contribution in [-0.2, 0) is 57.0 Å². The Bertz CT molecular complexity index is 1810. The highest BCUT2D eigenvalue weighted by Crippen LogP contribution is 2.70. The molecule has 0 bridgehead atoms. The molecule has 68 heavy (non-hydrogen) atoms. The van der Waals surface area contributed by atoms with Gasteiger partial charge in [-0.2, -0.15) is 0 Å². The number of esters is 2. The number of fused-ring (bicyclic) bond motifs is 5. The van der Waals surface area contributed by atoms with Gasteiger partial charge in [0.25, 0.3) is 0 Å². The van der Waals surface area contributed by atoms with Gasteiger partial charge in [0.1, 0.15) is 55.4 Å². The summed E-state index contributed by atoms with van der Waals surface area (Å²) in [6, 6.07) is 0. The van der Waals surface area contributed by atoms with Gasteiger partial charge in [-0.05, 0) is 113 Å². The summed E-state index contributed by atoms with van der Waals surface area (Å²) in [4.78, 5) is 24.5. The normalized spacial score (nSPS) is 52.8. The number of carbonyl (C=O) groups is 2. The van der Waals surface area contributed by atoms with Crippen LogP contribution in [0.2, 0.25) is 0 Å². The summed E-state index contributed by atoms with van der Waals surface area (Å²) in [6.45, 7) is 10.9. The Morgan fingerprint density at radius 2 is 1.34 bits per heavy atom. The monoisotopic (exact) mass is 968 g/mol. The molecule has 25 unspecified atom stereocenters. The Kier molecular flexibility index (Phi) is 14.9. The van der Waals surface area contributed by atoms with Crippen molar-refractivity contribution in [2.45, 2.75) is 235 Å². The van der Waals surface area contributed by atoms with Gasteiger partial charge in [-0.3, -0.25) is 4.79 Å². The zero-order valence-corrected chi connectivity index (χ0v) is 40.2. The van der Waals surface area contributed by atoms with Gasteiger partial charge in [-0.1, -0.05) is 13.8 Å². The Hall–Kier alpha value is -1.92. The van der Waals surface area contributed by atoms with Crippen molar-refractivity contribution < 1.29 is 92.7 Å². The SMILES string of the molecule is CC(=O)OC1CC(OC2CCC3(C)C(CCC4C3CCC3(C)C(C5=CC(=O)OC5)CCC43O)C2)OC(C)C1OC1CC(O)C(OC2CC(O)C(OC3OC(CO)C(O)C(O)C3O)C(C)O2)C(C)O1. The van der Waals surface area contributed by atoms with E-state index in [1.165, 1.54) is 6.92 Å². The smallest absolute Gasteiger partial charge is 0.331 e. The molecule has 0 aromatic heterocycles. The average Bonchev–Trinajstić information content (AvgIpc) is 3.83. The lowest BCUT2D eigenvalue weighted by atomic mass is 9.43. The van der Waals surface area contributed by atoms with E-state index in [2.05, 4.69) is 13.8 Å². The van der Waals surface area contributed by atoms with Crippen LogP contribution in [0.4, 0.5) is 0 Å². The van der Waals surface area contributed by atoms with Crippen molar-refractivity contribution in [1.29, 1.82) is 0 Å². The molecule has 4 aliphatic carbocycles. The van der Waals surface area contributed by atoms with Crippen molar-refractivity contribution in [1.82, 2.24) is 0 Å². The number of cyclic esters (lactones) is 1. The molecule has 0 aromatic rings. The Morgan fingerprint density at radius 3 is 1.96 bits per heavy atom. The van der Waals surface area contributed by atoms with Crippen LogP contribution >= 0.6 is 0 Å². The molecule has 19 heteroatoms. The Labute approximate surface area is 398 Å². The van der Waals surface area contributed by atoms with Crippen LogP contribution < -0.4 is 0 Å². The van der Waals surface area contributed by atoms with E-state index in [4.69, 9.17) is 47.4 Å². The van der Waals surface area contributed by atoms with E-state index in [9.17, 15) is 45.3 Å². The predicted octanol–water partition coefficient (Wildman–Crippen LogP) is 1.64. The third-order valence-corrected chi connectivity index (χ3v) is 18.3. The summed E-state index contributed by atoms with van der Waals surface area (Å²) in [5, 5.41) is 75.4. The molecular formula is C49H76O19. The number of hydrogen-bond acceptors (Lipinski definition) is 19. The summed E-state index contributed by atoms with van der Waals surface area (Å²) in [7, 11) is 0. The summed E-state index contributed by atoms with van der Waals surface area (Å²) in [6.07, 6.45) is -7.68. The van der Waals surface area contributed by atoms with Crippen molar-refractivity contribution in [2.24, 2.45) is 34.5 Å². The highest BCUT2D eigenvalue weighted by Gasteiger charge is 2.68. The third kappa shape index (κ3) is 9.36. The first-order valence-corrected chi connectivity index (χ1v) is 25.2. The second-order valence-electron chi connectivity index (χ2n) is 22.1. The van der Waals surface area contributed by atoms with Crippen molar-refractivity contribution in [3.8, 4) is 0 Å². The molecule has 19 nitrogen and oxygen atoms in total. The summed E-state index contributed by atoms with van der Waals surface area (Å²) in [5.74, 6) is 0.448. The molecule has 9 rings (SSSR count). The molecular weight excluding hydrogens is 893 g/mol. The first kappa shape index (κ1) is 51.0. The van der Waals surface area contributed by atoms with Gasteiger partial charge >= 0.3 is 11.9 Å². The van der Waals surface area contributed by atoms with Crippen LogP contribution in [0.15, 0.2) is 11.6 Å². The van der Waals surface area contributed by atoms with Crippen LogP contribution in [0.25, 0.3) is 0 Å². The number of aliphatic hydroxyl groups is 7. The minimum Gasteiger partial charge on any atom is -0.459 e. The first-order valence-electron chi connectivity index (χ1n) is 25.2. The van der Waals surface area contributed by atoms with Crippen LogP contribution in [0.5, 0.6) is 0 Å². The first-order chi connectivity index (χ1) is 32.2. The molecule has 0 amide bonds. The standard InChI is InChI=1S/C49H76O19/c1-22-43(66-37-18-33(53)44(23(2)61-37)68-46-42(57)41(56)40(55)35(20-50)65-46)32(52)17-38(60-22)67-45-24(3)62-39(19-34(45)63-25(4)51)64-28-9-12-47(5)27(16-28)7-8-31-30(47)10-13-48(6)29(11-14-49(31,48)58)26-15-36(54)59-21-26/h15,22-24,27-35,37-46,50,52-53,55-58H,7-14,16-21H2,1-6H3. The highest BCUT2D eigenvalue weighted by atomic mass is 16.8. The molecule has 4 saturated heterocycles. The maximum absolute atomic E-state index is 12.7. The minimum atomic E-state index is -1.65. The maximum Gasteiger partial charge on any atom is 0.331 e. The Balaban J connectivity index is 0.763. The fourth-order valence-electron chi connectivity index (χ4n) is 14.6. The van der Waals surface area contributed by atoms with E-state index < -0.39 is 123 Å². The number of ether oxygens (including phenoxy) is 10. The Morgan fingerprint density at radius 1 is 0.706 bits per heavy atom. The van der Waals surface area contributed by atoms with Crippen molar-refractivity contribution in [3.05, 3.63) is 11.6 Å². The van der Waals surface area contributed by atoms with Gasteiger partial charge in [0.2, 0.25) is 0 Å². The van der Waals surface area contributed by atoms with Crippen LogP contribution in [-0.4, -0.2) is 177 Å². The number of rotatable bonds is 11. The molecule has 5 aliphatic heterocycles. The van der Waals surface area contributed by atoms with Gasteiger partial charge in [-0.25, -0.2) is 4.79 Å². The van der Waals surface area contributed by atoms with Crippen molar-refractivity contribution in [2.75, 3.05) is 13.2 Å². The summed E-state index contributed by atoms with van der Waals surface area (Å²) >= 11 is 0. The van der Waals surface area contributed by atoms with Crippen molar-refractivity contribution in [3.63, 3.8) is 0 Å². The zero-order valence-electron chi connectivity index (χ0n) is 40.2. The second-order valence-corrected chi connectivity index (χ2v) is 22.1. The summed E-state index contributed by atoms with van der Waals surface area (Å²) < 4.78 is 60.5. The van der Waals surface area contributed by atoms with Gasteiger partial charge < -0.3 is 83.1 Å². The lowest BCUT2D eigenvalue weighted by molar-refractivity contribution is -0.355. The van der Waals surface area contributed by atoms with Gasteiger partial charge in [0.05, 0.1) is 48.8 Å². The zero-order chi connectivity index (χ0) is 48.6. The van der Waals surface area contributed by atoms with E-state index in [0.717, 1.165) is 63.4 Å². The molecule has 0 aromatic carbocycles. The molecule has 8 fully saturated rings. The van der Waals surface area contributed by atoms with E-state index in [0.29, 0.717) is 18.4 Å². The lowest BCUT2D eigenvalue weighted by Gasteiger charge is -2.64. The van der Waals surface area contributed by atoms with Gasteiger partial charge in [-0.15, -0.1) is 0 Å². The van der Waals surface area contributed by atoms with Crippen LogP contribution in [0, 0.1) is 34.5 Å². The predicted molar refractivity (Wildman–Crippen MR) is 233 cm³/mol. The van der Waals surface area contributed by atoms with E-state index in [1.807, 2.05) is 6.92 Å². The van der Waals surface area contributed by atoms with E-state index in [1.54, 1.807) is 19.9 Å².